The Hall–Kier alpha value is -0.960. The van der Waals surface area contributed by atoms with Crippen LogP contribution in [0.25, 0.3) is 0 Å². The highest BCUT2D eigenvalue weighted by Gasteiger charge is 2.36. The van der Waals surface area contributed by atoms with E-state index in [4.69, 9.17) is 4.74 Å². The first-order valence-corrected chi connectivity index (χ1v) is 7.18. The molecule has 1 aliphatic carbocycles. The van der Waals surface area contributed by atoms with E-state index in [0.29, 0.717) is 0 Å². The van der Waals surface area contributed by atoms with Crippen LogP contribution in [0.5, 0.6) is 0 Å². The first-order chi connectivity index (χ1) is 8.24. The molecule has 0 aromatic rings. The molecule has 0 spiro atoms. The molecule has 0 fully saturated rings. The average Bonchev–Trinajstić information content (AvgIpc) is 2.22. The van der Waals surface area contributed by atoms with Gasteiger partial charge < -0.3 is 14.9 Å². The minimum atomic E-state index is -3.79. The number of esters is 1. The van der Waals surface area contributed by atoms with Crippen molar-refractivity contribution in [2.24, 2.45) is 0 Å². The van der Waals surface area contributed by atoms with E-state index < -0.39 is 34.4 Å². The van der Waals surface area contributed by atoms with Crippen LogP contribution < -0.4 is 0 Å². The molecule has 1 aliphatic rings. The van der Waals surface area contributed by atoms with Crippen molar-refractivity contribution in [3.05, 3.63) is 11.6 Å². The largest absolute Gasteiger partial charge is 0.463 e. The number of rotatable bonds is 4. The maximum atomic E-state index is 11.5. The van der Waals surface area contributed by atoms with Crippen molar-refractivity contribution in [2.75, 3.05) is 12.9 Å². The van der Waals surface area contributed by atoms with Gasteiger partial charge in [-0.1, -0.05) is 0 Å². The summed E-state index contributed by atoms with van der Waals surface area (Å²) in [5.74, 6) is -0.662. The van der Waals surface area contributed by atoms with Crippen LogP contribution in [0.1, 0.15) is 13.3 Å². The molecule has 2 N–H and O–H groups in total. The Balaban J connectivity index is 2.86. The van der Waals surface area contributed by atoms with Crippen LogP contribution in [-0.2, 0) is 23.8 Å². The van der Waals surface area contributed by atoms with Crippen LogP contribution in [0.3, 0.4) is 0 Å². The quantitative estimate of drug-likeness (QED) is 0.499. The molecule has 0 saturated heterocycles. The zero-order valence-corrected chi connectivity index (χ0v) is 10.9. The van der Waals surface area contributed by atoms with E-state index in [1.807, 2.05) is 0 Å². The van der Waals surface area contributed by atoms with Gasteiger partial charge in [-0.15, -0.1) is 0 Å². The predicted octanol–water partition coefficient (Wildman–Crippen LogP) is -1.05. The van der Waals surface area contributed by atoms with Crippen molar-refractivity contribution < 1.29 is 32.3 Å². The molecule has 0 heterocycles. The summed E-state index contributed by atoms with van der Waals surface area (Å²) in [6.45, 7) is 1.78. The number of carbonyl (C=O) groups excluding carboxylic acids is 1. The van der Waals surface area contributed by atoms with Crippen molar-refractivity contribution in [2.45, 2.75) is 31.7 Å². The van der Waals surface area contributed by atoms with Gasteiger partial charge in [-0.25, -0.2) is 4.79 Å². The van der Waals surface area contributed by atoms with E-state index in [1.54, 1.807) is 6.92 Å². The third-order valence-electron chi connectivity index (χ3n) is 2.36. The molecule has 0 aromatic carbocycles. The van der Waals surface area contributed by atoms with Crippen LogP contribution in [0, 0.1) is 0 Å². The number of hydrogen-bond acceptors (Lipinski definition) is 7. The molecule has 8 heteroatoms. The van der Waals surface area contributed by atoms with E-state index in [2.05, 4.69) is 4.18 Å². The second-order valence-corrected chi connectivity index (χ2v) is 5.54. The smallest absolute Gasteiger partial charge is 0.333 e. The highest BCUT2D eigenvalue weighted by atomic mass is 32.2. The topological polar surface area (TPSA) is 110 Å². The summed E-state index contributed by atoms with van der Waals surface area (Å²) in [6.07, 6.45) is -2.13. The minimum Gasteiger partial charge on any atom is -0.463 e. The SMILES string of the molecule is CCOC(=O)C1=C[C@@H](O)[C@@H](O)[C@H](OS(C)(=O)=O)C1. The Kier molecular flexibility index (Phi) is 4.85. The van der Waals surface area contributed by atoms with Crippen LogP contribution in [0.2, 0.25) is 0 Å². The summed E-state index contributed by atoms with van der Waals surface area (Å²) in [7, 11) is -3.79. The van der Waals surface area contributed by atoms with Gasteiger partial charge in [0.15, 0.2) is 0 Å². The van der Waals surface area contributed by atoms with Gasteiger partial charge in [-0.05, 0) is 13.0 Å². The second-order valence-electron chi connectivity index (χ2n) is 3.94. The maximum Gasteiger partial charge on any atom is 0.333 e. The van der Waals surface area contributed by atoms with Gasteiger partial charge in [0, 0.05) is 12.0 Å². The van der Waals surface area contributed by atoms with Gasteiger partial charge in [-0.3, -0.25) is 4.18 Å². The fourth-order valence-electron chi connectivity index (χ4n) is 1.62. The first-order valence-electron chi connectivity index (χ1n) is 5.36. The van der Waals surface area contributed by atoms with Gasteiger partial charge in [0.05, 0.1) is 12.9 Å². The number of carbonyl (C=O) groups is 1. The van der Waals surface area contributed by atoms with Gasteiger partial charge in [0.2, 0.25) is 0 Å². The monoisotopic (exact) mass is 280 g/mol. The molecule has 0 amide bonds. The predicted molar refractivity (Wildman–Crippen MR) is 61.1 cm³/mol. The lowest BCUT2D eigenvalue weighted by atomic mass is 9.92. The van der Waals surface area contributed by atoms with E-state index in [0.717, 1.165) is 12.3 Å². The van der Waals surface area contributed by atoms with Gasteiger partial charge in [0.25, 0.3) is 10.1 Å². The molecule has 0 unspecified atom stereocenters. The summed E-state index contributed by atoms with van der Waals surface area (Å²) >= 11 is 0. The average molecular weight is 280 g/mol. The third kappa shape index (κ3) is 4.05. The van der Waals surface area contributed by atoms with Crippen molar-refractivity contribution in [3.8, 4) is 0 Å². The van der Waals surface area contributed by atoms with Crippen LogP contribution >= 0.6 is 0 Å². The lowest BCUT2D eigenvalue weighted by Gasteiger charge is -2.29. The molecule has 0 saturated carbocycles. The molecule has 0 aromatic heterocycles. The molecule has 1 rings (SSSR count). The molecular weight excluding hydrogens is 264 g/mol. The van der Waals surface area contributed by atoms with Crippen molar-refractivity contribution in [1.29, 1.82) is 0 Å². The molecule has 0 aliphatic heterocycles. The van der Waals surface area contributed by atoms with Gasteiger partial charge in [0.1, 0.15) is 18.3 Å². The van der Waals surface area contributed by atoms with Crippen LogP contribution in [-0.4, -0.2) is 55.8 Å². The molecule has 7 nitrogen and oxygen atoms in total. The van der Waals surface area contributed by atoms with Gasteiger partial charge in [-0.2, -0.15) is 8.42 Å². The Labute approximate surface area is 105 Å². The molecular formula is C10H16O7S. The zero-order chi connectivity index (χ0) is 13.9. The van der Waals surface area contributed by atoms with Crippen LogP contribution in [0.4, 0.5) is 0 Å². The Morgan fingerprint density at radius 2 is 2.11 bits per heavy atom. The summed E-state index contributed by atoms with van der Waals surface area (Å²) in [4.78, 5) is 11.5. The molecule has 18 heavy (non-hydrogen) atoms. The number of aliphatic hydroxyl groups is 2. The fraction of sp³-hybridized carbons (Fsp3) is 0.700. The summed E-state index contributed by atoms with van der Waals surface area (Å²) in [5.41, 5.74) is 0.0864. The number of aliphatic hydroxyl groups excluding tert-OH is 2. The molecule has 104 valence electrons. The Morgan fingerprint density at radius 1 is 1.50 bits per heavy atom. The highest BCUT2D eigenvalue weighted by Crippen LogP contribution is 2.24. The zero-order valence-electron chi connectivity index (χ0n) is 10.1. The Bertz CT molecular complexity index is 439. The number of ether oxygens (including phenoxy) is 1. The van der Waals surface area contributed by atoms with E-state index in [9.17, 15) is 23.4 Å². The highest BCUT2D eigenvalue weighted by molar-refractivity contribution is 7.86. The van der Waals surface area contributed by atoms with Gasteiger partial charge >= 0.3 is 5.97 Å². The molecule has 0 radical (unpaired) electrons. The minimum absolute atomic E-state index is 0.0864. The van der Waals surface area contributed by atoms with Crippen molar-refractivity contribution >= 4 is 16.1 Å². The van der Waals surface area contributed by atoms with E-state index in [1.165, 1.54) is 0 Å². The van der Waals surface area contributed by atoms with E-state index in [-0.39, 0.29) is 18.6 Å². The molecule has 3 atom stereocenters. The lowest BCUT2D eigenvalue weighted by Crippen LogP contribution is -2.43. The van der Waals surface area contributed by atoms with Crippen LogP contribution in [0.15, 0.2) is 11.6 Å². The summed E-state index contributed by atoms with van der Waals surface area (Å²) in [6, 6.07) is 0. The molecule has 0 bridgehead atoms. The van der Waals surface area contributed by atoms with Crippen molar-refractivity contribution in [3.63, 3.8) is 0 Å². The Morgan fingerprint density at radius 3 is 2.61 bits per heavy atom. The fourth-order valence-corrected chi connectivity index (χ4v) is 2.25. The third-order valence-corrected chi connectivity index (χ3v) is 2.96. The number of hydrogen-bond donors (Lipinski definition) is 2. The van der Waals surface area contributed by atoms with Crippen molar-refractivity contribution in [1.82, 2.24) is 0 Å². The first kappa shape index (κ1) is 15.1. The summed E-state index contributed by atoms with van der Waals surface area (Å²) in [5, 5.41) is 19.1. The lowest BCUT2D eigenvalue weighted by molar-refractivity contribution is -0.139. The second kappa shape index (κ2) is 5.79. The maximum absolute atomic E-state index is 11.5. The van der Waals surface area contributed by atoms with E-state index >= 15 is 0 Å². The summed E-state index contributed by atoms with van der Waals surface area (Å²) < 4.78 is 31.4. The standard InChI is InChI=1S/C10H16O7S/c1-3-16-10(13)6-4-7(11)9(12)8(5-6)17-18(2,14)15/h4,7-9,11-12H,3,5H2,1-2H3/t7-,8-,9-/m1/s1. The normalized spacial score (nSPS) is 28.7.